The molecule has 1 atom stereocenters. The summed E-state index contributed by atoms with van der Waals surface area (Å²) < 4.78 is 6.80. The minimum atomic E-state index is -0.583. The van der Waals surface area contributed by atoms with E-state index in [-0.39, 0.29) is 12.0 Å². The molecule has 0 aliphatic rings. The molecule has 1 heterocycles. The second-order valence-corrected chi connectivity index (χ2v) is 6.84. The van der Waals surface area contributed by atoms with Gasteiger partial charge in [0.05, 0.1) is 11.4 Å². The van der Waals surface area contributed by atoms with Gasteiger partial charge in [0, 0.05) is 10.3 Å². The molecule has 0 saturated carbocycles. The first kappa shape index (κ1) is 17.9. The summed E-state index contributed by atoms with van der Waals surface area (Å²) in [6.45, 7) is 2.20. The third-order valence-corrected chi connectivity index (χ3v) is 4.87. The highest BCUT2D eigenvalue weighted by Crippen LogP contribution is 2.25. The van der Waals surface area contributed by atoms with Gasteiger partial charge >= 0.3 is 0 Å². The maximum absolute atomic E-state index is 12.3. The SMILES string of the molecule is CC(CNC(=O)c1cc2ccccc2s1)Oc1ccc(C(=O)NO)cc1. The summed E-state index contributed by atoms with van der Waals surface area (Å²) in [6, 6.07) is 16.1. The Morgan fingerprint density at radius 3 is 2.54 bits per heavy atom. The lowest BCUT2D eigenvalue weighted by Gasteiger charge is -2.15. The van der Waals surface area contributed by atoms with E-state index in [0.29, 0.717) is 22.7 Å². The van der Waals surface area contributed by atoms with Crippen molar-refractivity contribution in [2.24, 2.45) is 0 Å². The number of fused-ring (bicyclic) bond motifs is 1. The predicted molar refractivity (Wildman–Crippen MR) is 99.9 cm³/mol. The van der Waals surface area contributed by atoms with Crippen LogP contribution in [0.5, 0.6) is 5.75 Å². The minimum absolute atomic E-state index is 0.128. The summed E-state index contributed by atoms with van der Waals surface area (Å²) in [6.07, 6.45) is -0.245. The van der Waals surface area contributed by atoms with E-state index < -0.39 is 5.91 Å². The highest BCUT2D eigenvalue weighted by atomic mass is 32.1. The van der Waals surface area contributed by atoms with Crippen molar-refractivity contribution in [3.8, 4) is 5.75 Å². The summed E-state index contributed by atoms with van der Waals surface area (Å²) in [5, 5.41) is 12.5. The summed E-state index contributed by atoms with van der Waals surface area (Å²) >= 11 is 1.46. The molecule has 2 amide bonds. The van der Waals surface area contributed by atoms with Gasteiger partial charge in [-0.15, -0.1) is 11.3 Å². The third kappa shape index (κ3) is 4.19. The van der Waals surface area contributed by atoms with Crippen LogP contribution in [0.1, 0.15) is 27.0 Å². The second kappa shape index (κ2) is 7.99. The van der Waals surface area contributed by atoms with Crippen molar-refractivity contribution in [1.82, 2.24) is 10.8 Å². The van der Waals surface area contributed by atoms with Gasteiger partial charge in [-0.3, -0.25) is 14.8 Å². The van der Waals surface area contributed by atoms with E-state index in [0.717, 1.165) is 10.1 Å². The average Bonchev–Trinajstić information content (AvgIpc) is 3.10. The van der Waals surface area contributed by atoms with Gasteiger partial charge in [-0.2, -0.15) is 0 Å². The number of hydrogen-bond donors (Lipinski definition) is 3. The van der Waals surface area contributed by atoms with Gasteiger partial charge in [-0.05, 0) is 48.7 Å². The maximum Gasteiger partial charge on any atom is 0.274 e. The van der Waals surface area contributed by atoms with Crippen LogP contribution < -0.4 is 15.5 Å². The van der Waals surface area contributed by atoms with Crippen LogP contribution >= 0.6 is 11.3 Å². The van der Waals surface area contributed by atoms with Crippen molar-refractivity contribution >= 4 is 33.2 Å². The fraction of sp³-hybridized carbons (Fsp3) is 0.158. The molecule has 0 bridgehead atoms. The molecule has 26 heavy (non-hydrogen) atoms. The van der Waals surface area contributed by atoms with Crippen molar-refractivity contribution in [2.75, 3.05) is 6.54 Å². The Hall–Kier alpha value is -2.90. The van der Waals surface area contributed by atoms with Crippen LogP contribution in [-0.4, -0.2) is 29.7 Å². The Morgan fingerprint density at radius 1 is 1.12 bits per heavy atom. The van der Waals surface area contributed by atoms with Crippen LogP contribution in [0, 0.1) is 0 Å². The van der Waals surface area contributed by atoms with Crippen LogP contribution in [0.2, 0.25) is 0 Å². The number of benzene rings is 2. The first-order chi connectivity index (χ1) is 12.6. The molecule has 3 aromatic rings. The third-order valence-electron chi connectivity index (χ3n) is 3.75. The van der Waals surface area contributed by atoms with Crippen LogP contribution in [0.15, 0.2) is 54.6 Å². The van der Waals surface area contributed by atoms with Gasteiger partial charge in [0.25, 0.3) is 11.8 Å². The van der Waals surface area contributed by atoms with Crippen LogP contribution in [0.25, 0.3) is 10.1 Å². The Bertz CT molecular complexity index is 888. The van der Waals surface area contributed by atoms with Gasteiger partial charge in [0.15, 0.2) is 0 Å². The normalized spacial score (nSPS) is 11.8. The zero-order valence-corrected chi connectivity index (χ0v) is 14.9. The molecular weight excluding hydrogens is 352 g/mol. The molecule has 0 radical (unpaired) electrons. The predicted octanol–water partition coefficient (Wildman–Crippen LogP) is 3.22. The number of thiophene rings is 1. The van der Waals surface area contributed by atoms with Gasteiger partial charge < -0.3 is 10.1 Å². The van der Waals surface area contributed by atoms with Crippen LogP contribution in [0.4, 0.5) is 0 Å². The molecule has 1 aromatic heterocycles. The number of hydrogen-bond acceptors (Lipinski definition) is 5. The van der Waals surface area contributed by atoms with E-state index in [1.807, 2.05) is 37.3 Å². The highest BCUT2D eigenvalue weighted by molar-refractivity contribution is 7.20. The Balaban J connectivity index is 1.54. The lowest BCUT2D eigenvalue weighted by atomic mass is 10.2. The molecule has 0 saturated heterocycles. The van der Waals surface area contributed by atoms with Crippen molar-refractivity contribution in [1.29, 1.82) is 0 Å². The van der Waals surface area contributed by atoms with Gasteiger partial charge in [0.2, 0.25) is 0 Å². The molecule has 3 rings (SSSR count). The Kier molecular flexibility index (Phi) is 5.50. The number of rotatable bonds is 6. The van der Waals surface area contributed by atoms with E-state index in [1.165, 1.54) is 11.3 Å². The molecule has 0 fully saturated rings. The van der Waals surface area contributed by atoms with Crippen LogP contribution in [-0.2, 0) is 0 Å². The lowest BCUT2D eigenvalue weighted by Crippen LogP contribution is -2.33. The largest absolute Gasteiger partial charge is 0.489 e. The van der Waals surface area contributed by atoms with E-state index in [2.05, 4.69) is 5.32 Å². The molecule has 1 unspecified atom stereocenters. The van der Waals surface area contributed by atoms with Crippen molar-refractivity contribution < 1.29 is 19.5 Å². The zero-order valence-electron chi connectivity index (χ0n) is 14.1. The van der Waals surface area contributed by atoms with E-state index in [1.54, 1.807) is 29.7 Å². The van der Waals surface area contributed by atoms with Crippen LogP contribution in [0.3, 0.4) is 0 Å². The summed E-state index contributed by atoms with van der Waals surface area (Å²) in [5.74, 6) is -0.139. The van der Waals surface area contributed by atoms with Crippen molar-refractivity contribution in [3.05, 3.63) is 65.0 Å². The zero-order chi connectivity index (χ0) is 18.5. The van der Waals surface area contributed by atoms with Crippen molar-refractivity contribution in [2.45, 2.75) is 13.0 Å². The highest BCUT2D eigenvalue weighted by Gasteiger charge is 2.12. The standard InChI is InChI=1S/C19H18N2O4S/c1-12(25-15-8-6-13(7-9-15)18(22)21-24)11-20-19(23)17-10-14-4-2-3-5-16(14)26-17/h2-10,12,24H,11H2,1H3,(H,20,23)(H,21,22). The first-order valence-corrected chi connectivity index (χ1v) is 8.86. The Morgan fingerprint density at radius 2 is 1.85 bits per heavy atom. The second-order valence-electron chi connectivity index (χ2n) is 5.75. The fourth-order valence-electron chi connectivity index (χ4n) is 2.44. The van der Waals surface area contributed by atoms with E-state index in [9.17, 15) is 9.59 Å². The Labute approximate surface area is 154 Å². The molecule has 2 aromatic carbocycles. The van der Waals surface area contributed by atoms with Crippen molar-refractivity contribution in [3.63, 3.8) is 0 Å². The fourth-order valence-corrected chi connectivity index (χ4v) is 3.42. The van der Waals surface area contributed by atoms with E-state index in [4.69, 9.17) is 9.94 Å². The number of carbonyl (C=O) groups excluding carboxylic acids is 2. The molecule has 0 aliphatic carbocycles. The number of hydroxylamine groups is 1. The molecule has 3 N–H and O–H groups in total. The quantitative estimate of drug-likeness (QED) is 0.459. The molecule has 134 valence electrons. The lowest BCUT2D eigenvalue weighted by molar-refractivity contribution is 0.0706. The van der Waals surface area contributed by atoms with Gasteiger partial charge in [-0.25, -0.2) is 5.48 Å². The number of nitrogens with one attached hydrogen (secondary N) is 2. The molecule has 0 spiro atoms. The average molecular weight is 370 g/mol. The summed E-state index contributed by atoms with van der Waals surface area (Å²) in [4.78, 5) is 24.2. The number of amides is 2. The smallest absolute Gasteiger partial charge is 0.274 e. The van der Waals surface area contributed by atoms with Gasteiger partial charge in [-0.1, -0.05) is 18.2 Å². The maximum atomic E-state index is 12.3. The molecule has 0 aliphatic heterocycles. The molecular formula is C19H18N2O4S. The summed E-state index contributed by atoms with van der Waals surface area (Å²) in [5.41, 5.74) is 1.90. The molecule has 7 heteroatoms. The number of ether oxygens (including phenoxy) is 1. The molecule has 6 nitrogen and oxygen atoms in total. The monoisotopic (exact) mass is 370 g/mol. The van der Waals surface area contributed by atoms with E-state index >= 15 is 0 Å². The number of carbonyl (C=O) groups is 2. The minimum Gasteiger partial charge on any atom is -0.489 e. The van der Waals surface area contributed by atoms with Gasteiger partial charge in [0.1, 0.15) is 11.9 Å². The topological polar surface area (TPSA) is 87.7 Å². The first-order valence-electron chi connectivity index (χ1n) is 8.05. The summed E-state index contributed by atoms with van der Waals surface area (Å²) in [7, 11) is 0.